The van der Waals surface area contributed by atoms with E-state index in [1.165, 1.54) is 16.4 Å². The highest BCUT2D eigenvalue weighted by Crippen LogP contribution is 2.29. The van der Waals surface area contributed by atoms with Crippen molar-refractivity contribution in [3.8, 4) is 5.75 Å². The number of hydrogen-bond acceptors (Lipinski definition) is 4. The number of rotatable bonds is 6. The van der Waals surface area contributed by atoms with Crippen LogP contribution in [0.5, 0.6) is 5.75 Å². The number of carbonyl (C=O) groups excluding carboxylic acids is 1. The lowest BCUT2D eigenvalue weighted by Crippen LogP contribution is -2.48. The molecule has 0 aliphatic carbocycles. The number of halogens is 2. The highest BCUT2D eigenvalue weighted by atomic mass is 35.5. The van der Waals surface area contributed by atoms with Gasteiger partial charge >= 0.3 is 0 Å². The minimum Gasteiger partial charge on any atom is -0.490 e. The first-order chi connectivity index (χ1) is 13.3. The van der Waals surface area contributed by atoms with Crippen molar-refractivity contribution in [2.45, 2.75) is 23.8 Å². The molecule has 6 nitrogen and oxygen atoms in total. The van der Waals surface area contributed by atoms with Crippen molar-refractivity contribution in [1.82, 2.24) is 4.31 Å². The van der Waals surface area contributed by atoms with Gasteiger partial charge in [0.1, 0.15) is 17.7 Å². The second-order valence-corrected chi connectivity index (χ2v) is 9.02. The van der Waals surface area contributed by atoms with Crippen LogP contribution in [0.15, 0.2) is 53.4 Å². The van der Waals surface area contributed by atoms with Crippen molar-refractivity contribution in [2.24, 2.45) is 11.7 Å². The highest BCUT2D eigenvalue weighted by molar-refractivity contribution is 7.89. The van der Waals surface area contributed by atoms with Gasteiger partial charge in [-0.15, -0.1) is 0 Å². The van der Waals surface area contributed by atoms with E-state index in [1.807, 2.05) is 0 Å². The second kappa shape index (κ2) is 8.46. The molecule has 28 heavy (non-hydrogen) atoms. The zero-order valence-electron chi connectivity index (χ0n) is 14.9. The van der Waals surface area contributed by atoms with Gasteiger partial charge < -0.3 is 10.5 Å². The van der Waals surface area contributed by atoms with Gasteiger partial charge in [0.05, 0.1) is 4.90 Å². The van der Waals surface area contributed by atoms with Gasteiger partial charge in [-0.25, -0.2) is 12.8 Å². The summed E-state index contributed by atoms with van der Waals surface area (Å²) in [5.74, 6) is -0.868. The third-order valence-corrected chi connectivity index (χ3v) is 6.77. The molecule has 9 heteroatoms. The molecule has 1 heterocycles. The van der Waals surface area contributed by atoms with E-state index in [0.29, 0.717) is 17.2 Å². The van der Waals surface area contributed by atoms with Crippen LogP contribution in [-0.4, -0.2) is 37.8 Å². The van der Waals surface area contributed by atoms with Crippen LogP contribution in [0.4, 0.5) is 4.39 Å². The summed E-state index contributed by atoms with van der Waals surface area (Å²) in [6.45, 7) is 0.300. The predicted octanol–water partition coefficient (Wildman–Crippen LogP) is 2.81. The van der Waals surface area contributed by atoms with Gasteiger partial charge in [-0.05, 0) is 55.0 Å². The van der Waals surface area contributed by atoms with Crippen molar-refractivity contribution in [1.29, 1.82) is 0 Å². The summed E-state index contributed by atoms with van der Waals surface area (Å²) in [5.41, 5.74) is 5.36. The number of carbonyl (C=O) groups is 1. The topological polar surface area (TPSA) is 89.7 Å². The Morgan fingerprint density at radius 1 is 1.18 bits per heavy atom. The predicted molar refractivity (Wildman–Crippen MR) is 103 cm³/mol. The summed E-state index contributed by atoms with van der Waals surface area (Å²) in [5, 5.41) is 0.571. The molecule has 0 bridgehead atoms. The fourth-order valence-electron chi connectivity index (χ4n) is 3.25. The molecular weight excluding hydrogens is 407 g/mol. The molecule has 0 spiro atoms. The number of piperidine rings is 1. The molecule has 0 unspecified atom stereocenters. The Morgan fingerprint density at radius 2 is 1.82 bits per heavy atom. The van der Waals surface area contributed by atoms with E-state index in [0.717, 1.165) is 12.1 Å². The van der Waals surface area contributed by atoms with E-state index >= 15 is 0 Å². The van der Waals surface area contributed by atoms with E-state index in [4.69, 9.17) is 22.1 Å². The number of ether oxygens (including phenoxy) is 1. The van der Waals surface area contributed by atoms with Crippen molar-refractivity contribution in [3.05, 3.63) is 59.4 Å². The number of amides is 1. The molecule has 2 N–H and O–H groups in total. The maximum absolute atomic E-state index is 13.1. The van der Waals surface area contributed by atoms with E-state index in [2.05, 4.69) is 0 Å². The normalized spacial score (nSPS) is 20.6. The molecule has 0 radical (unpaired) electrons. The van der Waals surface area contributed by atoms with Crippen LogP contribution in [-0.2, 0) is 14.8 Å². The lowest BCUT2D eigenvalue weighted by molar-refractivity contribution is -0.120. The monoisotopic (exact) mass is 426 g/mol. The molecule has 2 aromatic carbocycles. The van der Waals surface area contributed by atoms with Gasteiger partial charge in [0.25, 0.3) is 0 Å². The van der Waals surface area contributed by atoms with Crippen molar-refractivity contribution in [3.63, 3.8) is 0 Å². The van der Waals surface area contributed by atoms with Gasteiger partial charge in [0.15, 0.2) is 0 Å². The molecule has 0 saturated carbocycles. The largest absolute Gasteiger partial charge is 0.490 e. The summed E-state index contributed by atoms with van der Waals surface area (Å²) in [6.07, 6.45) is 0.0163. The van der Waals surface area contributed by atoms with Crippen LogP contribution < -0.4 is 10.5 Å². The van der Waals surface area contributed by atoms with Crippen molar-refractivity contribution >= 4 is 27.5 Å². The van der Waals surface area contributed by atoms with Gasteiger partial charge in [0.2, 0.25) is 15.9 Å². The Balaban J connectivity index is 1.78. The molecule has 1 aliphatic rings. The molecule has 3 rings (SSSR count). The van der Waals surface area contributed by atoms with Crippen LogP contribution in [0.25, 0.3) is 0 Å². The third-order valence-electron chi connectivity index (χ3n) is 4.64. The number of nitrogens with two attached hydrogens (primary N) is 1. The molecule has 1 aliphatic heterocycles. The number of nitrogens with zero attached hydrogens (tertiary/aromatic N) is 1. The minimum atomic E-state index is -3.81. The molecule has 2 atom stereocenters. The first kappa shape index (κ1) is 20.6. The smallest absolute Gasteiger partial charge is 0.243 e. The highest BCUT2D eigenvalue weighted by Gasteiger charge is 2.37. The first-order valence-corrected chi connectivity index (χ1v) is 10.5. The number of hydrogen-bond donors (Lipinski definition) is 1. The van der Waals surface area contributed by atoms with Crippen molar-refractivity contribution in [2.75, 3.05) is 13.1 Å². The van der Waals surface area contributed by atoms with Gasteiger partial charge in [-0.2, -0.15) is 4.31 Å². The summed E-state index contributed by atoms with van der Waals surface area (Å²) in [7, 11) is -3.81. The molecule has 1 fully saturated rings. The van der Waals surface area contributed by atoms with Crippen LogP contribution in [0, 0.1) is 11.7 Å². The summed E-state index contributed by atoms with van der Waals surface area (Å²) < 4.78 is 46.1. The van der Waals surface area contributed by atoms with E-state index in [9.17, 15) is 17.6 Å². The lowest BCUT2D eigenvalue weighted by Gasteiger charge is -2.37. The summed E-state index contributed by atoms with van der Waals surface area (Å²) in [4.78, 5) is 11.5. The fraction of sp³-hybridized carbons (Fsp3) is 0.316. The minimum absolute atomic E-state index is 0.00351. The maximum Gasteiger partial charge on any atom is 0.243 e. The summed E-state index contributed by atoms with van der Waals surface area (Å²) in [6, 6.07) is 11.5. The first-order valence-electron chi connectivity index (χ1n) is 8.72. The number of benzene rings is 2. The Kier molecular flexibility index (Phi) is 6.22. The number of primary amides is 1. The van der Waals surface area contributed by atoms with Crippen molar-refractivity contribution < 1.29 is 22.3 Å². The van der Waals surface area contributed by atoms with E-state index in [-0.39, 0.29) is 30.5 Å². The molecular formula is C19H20ClFN2O4S. The molecule has 1 saturated heterocycles. The standard InChI is InChI=1S/C19H20ClFN2O4S/c20-14-1-5-16(6-2-14)27-18-9-10-23(12-13(18)11-19(22)24)28(25,26)17-7-3-15(21)4-8-17/h1-8,13,18H,9-12H2,(H2,22,24)/t13-,18-/m0/s1. The molecule has 150 valence electrons. The quantitative estimate of drug-likeness (QED) is 0.769. The number of sulfonamides is 1. The van der Waals surface area contributed by atoms with Gasteiger partial charge in [-0.1, -0.05) is 11.6 Å². The Hall–Kier alpha value is -2.16. The van der Waals surface area contributed by atoms with E-state index < -0.39 is 27.7 Å². The third kappa shape index (κ3) is 4.81. The molecule has 1 amide bonds. The zero-order chi connectivity index (χ0) is 20.3. The van der Waals surface area contributed by atoms with Crippen LogP contribution in [0.1, 0.15) is 12.8 Å². The SMILES string of the molecule is NC(=O)C[C@H]1CN(S(=O)(=O)c2ccc(F)cc2)CC[C@@H]1Oc1ccc(Cl)cc1. The Bertz CT molecular complexity index is 935. The second-order valence-electron chi connectivity index (χ2n) is 6.65. The van der Waals surface area contributed by atoms with Crippen LogP contribution >= 0.6 is 11.6 Å². The average molecular weight is 427 g/mol. The Labute approximate surface area is 168 Å². The zero-order valence-corrected chi connectivity index (χ0v) is 16.5. The van der Waals surface area contributed by atoms with E-state index in [1.54, 1.807) is 24.3 Å². The maximum atomic E-state index is 13.1. The van der Waals surface area contributed by atoms with Crippen LogP contribution in [0.3, 0.4) is 0 Å². The summed E-state index contributed by atoms with van der Waals surface area (Å²) >= 11 is 5.88. The average Bonchev–Trinajstić information content (AvgIpc) is 2.65. The van der Waals surface area contributed by atoms with Gasteiger partial charge in [0, 0.05) is 30.5 Å². The molecule has 2 aromatic rings. The fourth-order valence-corrected chi connectivity index (χ4v) is 4.89. The molecule has 0 aromatic heterocycles. The Morgan fingerprint density at radius 3 is 2.43 bits per heavy atom. The lowest BCUT2D eigenvalue weighted by atomic mass is 9.92. The van der Waals surface area contributed by atoms with Gasteiger partial charge in [-0.3, -0.25) is 4.79 Å². The van der Waals surface area contributed by atoms with Crippen LogP contribution in [0.2, 0.25) is 5.02 Å².